The summed E-state index contributed by atoms with van der Waals surface area (Å²) >= 11 is 0. The van der Waals surface area contributed by atoms with Gasteiger partial charge in [-0.25, -0.2) is 0 Å². The average Bonchev–Trinajstić information content (AvgIpc) is 2.55. The van der Waals surface area contributed by atoms with Crippen LogP contribution in [0.15, 0.2) is 36.7 Å². The molecule has 2 rings (SSSR count). The van der Waals surface area contributed by atoms with Gasteiger partial charge >= 0.3 is 11.4 Å². The Hall–Kier alpha value is -3.83. The largest absolute Gasteiger partial charge is 0.497 e. The van der Waals surface area contributed by atoms with E-state index < -0.39 is 37.6 Å². The van der Waals surface area contributed by atoms with Gasteiger partial charge in [-0.05, 0) is 26.0 Å². The Bertz CT molecular complexity index is 776. The summed E-state index contributed by atoms with van der Waals surface area (Å²) in [5, 5.41) is 43.5. The average molecular weight is 365 g/mol. The van der Waals surface area contributed by atoms with Gasteiger partial charge in [0.15, 0.2) is 0 Å². The monoisotopic (exact) mass is 365 g/mol. The molecule has 138 valence electrons. The first kappa shape index (κ1) is 20.2. The van der Waals surface area contributed by atoms with Crippen LogP contribution in [0.2, 0.25) is 0 Å². The smallest absolute Gasteiger partial charge is 0.324 e. The molecule has 12 heteroatoms. The van der Waals surface area contributed by atoms with Crippen molar-refractivity contribution in [3.63, 3.8) is 0 Å². The maximum Gasteiger partial charge on any atom is 0.324 e. The molecular formula is C14H15N5O7. The topological polar surface area (TPSA) is 175 Å². The first-order chi connectivity index (χ1) is 12.1. The number of phenols is 1. The highest BCUT2D eigenvalue weighted by Crippen LogP contribution is 2.38. The lowest BCUT2D eigenvalue weighted by Gasteiger charge is -2.07. The number of phenolic OH excluding ortho intramolecular Hbond substituents is 1. The molecule has 0 radical (unpaired) electrons. The summed E-state index contributed by atoms with van der Waals surface area (Å²) < 4.78 is 0. The normalized spacial score (nSPS) is 9.81. The lowest BCUT2D eigenvalue weighted by Crippen LogP contribution is -2.09. The van der Waals surface area contributed by atoms with Crippen LogP contribution >= 0.6 is 0 Å². The van der Waals surface area contributed by atoms with Crippen LogP contribution in [0.4, 0.5) is 22.7 Å². The van der Waals surface area contributed by atoms with E-state index in [1.807, 2.05) is 18.3 Å². The highest BCUT2D eigenvalue weighted by molar-refractivity contribution is 5.64. The number of aromatic nitrogens is 1. The Balaban J connectivity index is 0.000000289. The second kappa shape index (κ2) is 8.86. The minimum Gasteiger partial charge on any atom is -0.497 e. The molecule has 1 heterocycles. The van der Waals surface area contributed by atoms with Gasteiger partial charge in [0.25, 0.3) is 11.4 Å². The van der Waals surface area contributed by atoms with Crippen LogP contribution < -0.4 is 5.32 Å². The van der Waals surface area contributed by atoms with E-state index in [-0.39, 0.29) is 0 Å². The maximum atomic E-state index is 10.4. The van der Waals surface area contributed by atoms with Crippen LogP contribution in [-0.2, 0) is 0 Å². The number of pyridine rings is 1. The van der Waals surface area contributed by atoms with Crippen LogP contribution in [0.5, 0.6) is 5.75 Å². The van der Waals surface area contributed by atoms with Gasteiger partial charge in [-0.1, -0.05) is 0 Å². The number of rotatable bonds is 5. The molecule has 2 aromatic rings. The number of nitro groups is 3. The maximum absolute atomic E-state index is 10.4. The number of nitrogens with zero attached hydrogens (tertiary/aromatic N) is 4. The summed E-state index contributed by atoms with van der Waals surface area (Å²) in [6, 6.07) is 5.30. The zero-order chi connectivity index (χ0) is 19.9. The Kier molecular flexibility index (Phi) is 6.89. The summed E-state index contributed by atoms with van der Waals surface area (Å²) in [6.07, 6.45) is 3.59. The number of hydrogen-bond donors (Lipinski definition) is 2. The number of aromatic hydroxyl groups is 1. The van der Waals surface area contributed by atoms with Crippen LogP contribution in [0.1, 0.15) is 13.8 Å². The molecule has 0 unspecified atom stereocenters. The van der Waals surface area contributed by atoms with E-state index >= 15 is 0 Å². The first-order valence-corrected chi connectivity index (χ1v) is 7.10. The second-order valence-corrected chi connectivity index (χ2v) is 5.14. The van der Waals surface area contributed by atoms with Gasteiger partial charge in [0.2, 0.25) is 0 Å². The van der Waals surface area contributed by atoms with Gasteiger partial charge in [0.1, 0.15) is 0 Å². The Morgan fingerprint density at radius 3 is 1.92 bits per heavy atom. The van der Waals surface area contributed by atoms with Crippen LogP contribution in [0.25, 0.3) is 0 Å². The number of hydrogen-bond acceptors (Lipinski definition) is 9. The molecule has 0 aliphatic heterocycles. The Morgan fingerprint density at radius 2 is 1.58 bits per heavy atom. The van der Waals surface area contributed by atoms with Crippen LogP contribution in [0, 0.1) is 30.3 Å². The van der Waals surface area contributed by atoms with Crippen molar-refractivity contribution in [1.82, 2.24) is 4.98 Å². The van der Waals surface area contributed by atoms with Crippen molar-refractivity contribution >= 4 is 22.7 Å². The fourth-order valence-electron chi connectivity index (χ4n) is 1.75. The zero-order valence-corrected chi connectivity index (χ0v) is 13.7. The lowest BCUT2D eigenvalue weighted by molar-refractivity contribution is -0.404. The standard InChI is InChI=1S/C8H12N2.C6H3N3O7/c1-7(2)10-8-4-3-5-9-6-8;10-6-4(8(13)14)1-3(7(11)12)2-5(6)9(15)16/h3-7,10H,1-2H3;1-2,10H. The summed E-state index contributed by atoms with van der Waals surface area (Å²) in [7, 11) is 0. The van der Waals surface area contributed by atoms with Gasteiger partial charge in [0, 0.05) is 18.4 Å². The van der Waals surface area contributed by atoms with Gasteiger partial charge in [-0.15, -0.1) is 0 Å². The fraction of sp³-hybridized carbons (Fsp3) is 0.214. The van der Waals surface area contributed by atoms with Gasteiger partial charge in [-0.3, -0.25) is 35.3 Å². The van der Waals surface area contributed by atoms with Crippen LogP contribution in [-0.4, -0.2) is 30.9 Å². The van der Waals surface area contributed by atoms with Gasteiger partial charge in [0.05, 0.1) is 32.6 Å². The molecule has 0 fully saturated rings. The minimum absolute atomic E-state index is 0.447. The van der Waals surface area contributed by atoms with E-state index in [2.05, 4.69) is 24.1 Å². The molecule has 0 spiro atoms. The number of nitro benzene ring substituents is 3. The molecule has 0 amide bonds. The third kappa shape index (κ3) is 5.67. The quantitative estimate of drug-likeness (QED) is 0.595. The van der Waals surface area contributed by atoms with Crippen molar-refractivity contribution in [2.75, 3.05) is 5.32 Å². The van der Waals surface area contributed by atoms with Crippen molar-refractivity contribution in [2.24, 2.45) is 0 Å². The van der Waals surface area contributed by atoms with E-state index in [4.69, 9.17) is 5.11 Å². The van der Waals surface area contributed by atoms with E-state index in [1.165, 1.54) is 0 Å². The molecule has 0 aliphatic carbocycles. The molecule has 2 N–H and O–H groups in total. The highest BCUT2D eigenvalue weighted by Gasteiger charge is 2.30. The van der Waals surface area contributed by atoms with Crippen LogP contribution in [0.3, 0.4) is 0 Å². The number of nitrogens with one attached hydrogen (secondary N) is 1. The molecule has 1 aromatic heterocycles. The molecule has 0 saturated carbocycles. The van der Waals surface area contributed by atoms with Crippen molar-refractivity contribution in [3.05, 3.63) is 67.0 Å². The number of non-ortho nitro benzene ring substituents is 1. The molecule has 0 saturated heterocycles. The molecule has 1 aromatic carbocycles. The van der Waals surface area contributed by atoms with Crippen molar-refractivity contribution in [3.8, 4) is 5.75 Å². The fourth-order valence-corrected chi connectivity index (χ4v) is 1.75. The third-order valence-electron chi connectivity index (χ3n) is 2.78. The molecule has 0 bridgehead atoms. The van der Waals surface area contributed by atoms with E-state index in [0.717, 1.165) is 5.69 Å². The molecule has 12 nitrogen and oxygen atoms in total. The number of anilines is 1. The van der Waals surface area contributed by atoms with Gasteiger partial charge in [-0.2, -0.15) is 0 Å². The minimum atomic E-state index is -1.21. The molecule has 0 aliphatic rings. The zero-order valence-electron chi connectivity index (χ0n) is 13.7. The number of benzene rings is 1. The van der Waals surface area contributed by atoms with Crippen molar-refractivity contribution in [1.29, 1.82) is 0 Å². The second-order valence-electron chi connectivity index (χ2n) is 5.14. The predicted molar refractivity (Wildman–Crippen MR) is 91.1 cm³/mol. The van der Waals surface area contributed by atoms with E-state index in [0.29, 0.717) is 18.2 Å². The molecular weight excluding hydrogens is 350 g/mol. The summed E-state index contributed by atoms with van der Waals surface area (Å²) in [5.74, 6) is -1.21. The molecule has 26 heavy (non-hydrogen) atoms. The van der Waals surface area contributed by atoms with E-state index in [1.54, 1.807) is 6.20 Å². The SMILES string of the molecule is CC(C)Nc1cccnc1.O=[N+]([O-])c1cc([N+](=O)[O-])c(O)c([N+](=O)[O-])c1. The molecule has 0 atom stereocenters. The predicted octanol–water partition coefficient (Wildman–Crippen LogP) is 3.02. The van der Waals surface area contributed by atoms with E-state index in [9.17, 15) is 30.3 Å². The van der Waals surface area contributed by atoms with Gasteiger partial charge < -0.3 is 10.4 Å². The lowest BCUT2D eigenvalue weighted by atomic mass is 10.2. The third-order valence-corrected chi connectivity index (χ3v) is 2.78. The first-order valence-electron chi connectivity index (χ1n) is 7.10. The van der Waals surface area contributed by atoms with Crippen molar-refractivity contribution in [2.45, 2.75) is 19.9 Å². The Labute approximate surface area is 146 Å². The summed E-state index contributed by atoms with van der Waals surface area (Å²) in [6.45, 7) is 4.21. The Morgan fingerprint density at radius 1 is 1.04 bits per heavy atom. The van der Waals surface area contributed by atoms with Crippen molar-refractivity contribution < 1.29 is 19.9 Å². The summed E-state index contributed by atoms with van der Waals surface area (Å²) in [4.78, 5) is 31.7. The highest BCUT2D eigenvalue weighted by atomic mass is 16.6. The summed E-state index contributed by atoms with van der Waals surface area (Å²) in [5.41, 5.74) is -1.92.